The van der Waals surface area contributed by atoms with Crippen molar-refractivity contribution in [3.63, 3.8) is 0 Å². The van der Waals surface area contributed by atoms with Crippen molar-refractivity contribution in [3.8, 4) is 0 Å². The third kappa shape index (κ3) is 6.07. The lowest BCUT2D eigenvalue weighted by Gasteiger charge is -2.06. The minimum absolute atomic E-state index is 0.182. The number of unbranched alkanes of at least 4 members (excludes halogenated alkanes) is 1. The highest BCUT2D eigenvalue weighted by Gasteiger charge is 2.12. The maximum Gasteiger partial charge on any atom is 0.305 e. The number of methoxy groups -OCH3 is 1. The van der Waals surface area contributed by atoms with Crippen LogP contribution in [0.5, 0.6) is 0 Å². The first-order valence-electron chi connectivity index (χ1n) is 8.70. The van der Waals surface area contributed by atoms with Gasteiger partial charge in [-0.15, -0.1) is 0 Å². The molecule has 0 aliphatic heterocycles. The van der Waals surface area contributed by atoms with Gasteiger partial charge in [0.2, 0.25) is 0 Å². The second-order valence-corrected chi connectivity index (χ2v) is 6.28. The molecule has 0 aromatic carbocycles. The molecule has 0 unspecified atom stereocenters. The van der Waals surface area contributed by atoms with Crippen molar-refractivity contribution in [1.29, 1.82) is 0 Å². The summed E-state index contributed by atoms with van der Waals surface area (Å²) in [5, 5.41) is 2.84. The average molecular weight is 377 g/mol. The van der Waals surface area contributed by atoms with Crippen LogP contribution < -0.4 is 16.5 Å². The molecule has 1 amide bonds. The van der Waals surface area contributed by atoms with Gasteiger partial charge in [0.05, 0.1) is 12.8 Å². The quantitative estimate of drug-likeness (QED) is 0.329. The minimum atomic E-state index is -0.238. The standard InChI is InChI=1S/C18H27N5O4/c1-22-10-13(19)8-15(22)12-27-21-14-9-16(23(2)11-14)18(25)20-7-5-4-6-17(24)26-3/h8-11,21H,4-7,12,19H2,1-3H3,(H,20,25). The molecule has 0 spiro atoms. The summed E-state index contributed by atoms with van der Waals surface area (Å²) in [5.74, 6) is -0.420. The van der Waals surface area contributed by atoms with Gasteiger partial charge in [-0.1, -0.05) is 0 Å². The summed E-state index contributed by atoms with van der Waals surface area (Å²) >= 11 is 0. The van der Waals surface area contributed by atoms with Gasteiger partial charge in [-0.3, -0.25) is 19.9 Å². The Morgan fingerprint density at radius 3 is 2.59 bits per heavy atom. The van der Waals surface area contributed by atoms with Crippen LogP contribution in [0.25, 0.3) is 0 Å². The number of hydrogen-bond acceptors (Lipinski definition) is 6. The van der Waals surface area contributed by atoms with Gasteiger partial charge in [-0.25, -0.2) is 0 Å². The lowest BCUT2D eigenvalue weighted by molar-refractivity contribution is -0.140. The van der Waals surface area contributed by atoms with Crippen LogP contribution in [-0.2, 0) is 35.1 Å². The third-order valence-corrected chi connectivity index (χ3v) is 4.10. The van der Waals surface area contributed by atoms with Crippen LogP contribution in [0.1, 0.15) is 35.4 Å². The van der Waals surface area contributed by atoms with E-state index in [0.717, 1.165) is 5.69 Å². The van der Waals surface area contributed by atoms with Crippen LogP contribution in [0.3, 0.4) is 0 Å². The average Bonchev–Trinajstić information content (AvgIpc) is 3.15. The predicted octanol–water partition coefficient (Wildman–Crippen LogP) is 1.56. The first-order valence-corrected chi connectivity index (χ1v) is 8.70. The van der Waals surface area contributed by atoms with Gasteiger partial charge in [-0.05, 0) is 25.0 Å². The highest BCUT2D eigenvalue weighted by atomic mass is 16.6. The molecule has 0 aliphatic rings. The molecule has 0 saturated heterocycles. The molecule has 2 rings (SSSR count). The molecule has 2 heterocycles. The first-order chi connectivity index (χ1) is 12.9. The topological polar surface area (TPSA) is 113 Å². The molecule has 4 N–H and O–H groups in total. The lowest BCUT2D eigenvalue weighted by atomic mass is 10.2. The number of nitrogens with one attached hydrogen (secondary N) is 2. The Morgan fingerprint density at radius 2 is 1.93 bits per heavy atom. The number of aryl methyl sites for hydroxylation is 2. The molecule has 0 radical (unpaired) electrons. The van der Waals surface area contributed by atoms with Crippen molar-refractivity contribution in [2.45, 2.75) is 25.9 Å². The van der Waals surface area contributed by atoms with E-state index in [1.807, 2.05) is 23.9 Å². The van der Waals surface area contributed by atoms with Crippen molar-refractivity contribution in [2.24, 2.45) is 14.1 Å². The number of hydrogen-bond donors (Lipinski definition) is 3. The monoisotopic (exact) mass is 377 g/mol. The number of aromatic nitrogens is 2. The number of rotatable bonds is 10. The minimum Gasteiger partial charge on any atom is -0.469 e. The van der Waals surface area contributed by atoms with E-state index in [1.54, 1.807) is 23.9 Å². The number of esters is 1. The van der Waals surface area contributed by atoms with Gasteiger partial charge < -0.3 is 24.9 Å². The summed E-state index contributed by atoms with van der Waals surface area (Å²) in [7, 11) is 5.05. The maximum absolute atomic E-state index is 12.3. The van der Waals surface area contributed by atoms with E-state index in [-0.39, 0.29) is 11.9 Å². The number of ether oxygens (including phenoxy) is 1. The number of nitrogens with two attached hydrogens (primary N) is 1. The fraction of sp³-hybridized carbons (Fsp3) is 0.444. The summed E-state index contributed by atoms with van der Waals surface area (Å²) in [4.78, 5) is 28.8. The molecule has 0 fully saturated rings. The third-order valence-electron chi connectivity index (χ3n) is 4.10. The Hall–Kier alpha value is -2.94. The summed E-state index contributed by atoms with van der Waals surface area (Å²) < 4.78 is 8.19. The molecule has 2 aromatic heterocycles. The molecule has 0 saturated carbocycles. The zero-order valence-corrected chi connectivity index (χ0v) is 15.9. The molecule has 148 valence electrons. The van der Waals surface area contributed by atoms with E-state index in [2.05, 4.69) is 15.5 Å². The van der Waals surface area contributed by atoms with Crippen LogP contribution in [0.2, 0.25) is 0 Å². The van der Waals surface area contributed by atoms with Gasteiger partial charge in [0.15, 0.2) is 0 Å². The van der Waals surface area contributed by atoms with Crippen LogP contribution in [-0.4, -0.2) is 34.7 Å². The van der Waals surface area contributed by atoms with E-state index in [9.17, 15) is 9.59 Å². The molecule has 27 heavy (non-hydrogen) atoms. The fourth-order valence-electron chi connectivity index (χ4n) is 2.61. The number of nitrogens with zero attached hydrogens (tertiary/aromatic N) is 2. The Labute approximate surface area is 158 Å². The summed E-state index contributed by atoms with van der Waals surface area (Å²) in [6.07, 6.45) is 5.32. The van der Waals surface area contributed by atoms with Gasteiger partial charge in [-0.2, -0.15) is 0 Å². The van der Waals surface area contributed by atoms with Crippen molar-refractivity contribution in [1.82, 2.24) is 14.5 Å². The summed E-state index contributed by atoms with van der Waals surface area (Å²) in [5.41, 5.74) is 11.4. The van der Waals surface area contributed by atoms with E-state index < -0.39 is 0 Å². The van der Waals surface area contributed by atoms with Gasteiger partial charge in [0, 0.05) is 50.8 Å². The van der Waals surface area contributed by atoms with Crippen LogP contribution in [0.4, 0.5) is 11.4 Å². The predicted molar refractivity (Wildman–Crippen MR) is 102 cm³/mol. The van der Waals surface area contributed by atoms with Crippen LogP contribution >= 0.6 is 0 Å². The number of carbonyl (C=O) groups is 2. The number of carbonyl (C=O) groups excluding carboxylic acids is 2. The van der Waals surface area contributed by atoms with Crippen molar-refractivity contribution >= 4 is 23.3 Å². The second-order valence-electron chi connectivity index (χ2n) is 6.28. The molecule has 0 atom stereocenters. The van der Waals surface area contributed by atoms with Crippen molar-refractivity contribution in [2.75, 3.05) is 24.9 Å². The summed E-state index contributed by atoms with van der Waals surface area (Å²) in [6.45, 7) is 0.833. The normalized spacial score (nSPS) is 10.6. The SMILES string of the molecule is COC(=O)CCCCNC(=O)c1cc(NOCc2cc(N)cn2C)cn1C. The number of anilines is 2. The van der Waals surface area contributed by atoms with Gasteiger partial charge >= 0.3 is 5.97 Å². The second kappa shape index (κ2) is 9.67. The molecular formula is C18H27N5O4. The highest BCUT2D eigenvalue weighted by Crippen LogP contribution is 2.15. The molecule has 9 nitrogen and oxygen atoms in total. The van der Waals surface area contributed by atoms with Gasteiger partial charge in [0.1, 0.15) is 12.3 Å². The Balaban J connectivity index is 1.76. The van der Waals surface area contributed by atoms with Crippen LogP contribution in [0, 0.1) is 0 Å². The fourth-order valence-corrected chi connectivity index (χ4v) is 2.61. The largest absolute Gasteiger partial charge is 0.469 e. The molecule has 0 bridgehead atoms. The van der Waals surface area contributed by atoms with Crippen molar-refractivity contribution < 1.29 is 19.2 Å². The molecular weight excluding hydrogens is 350 g/mol. The van der Waals surface area contributed by atoms with Gasteiger partial charge in [0.25, 0.3) is 5.91 Å². The summed E-state index contributed by atoms with van der Waals surface area (Å²) in [6, 6.07) is 3.55. The Morgan fingerprint density at radius 1 is 1.15 bits per heavy atom. The van der Waals surface area contributed by atoms with Crippen molar-refractivity contribution in [3.05, 3.63) is 35.9 Å². The maximum atomic E-state index is 12.3. The highest BCUT2D eigenvalue weighted by molar-refractivity contribution is 5.93. The first kappa shape index (κ1) is 20.4. The number of nitrogen functional groups attached to an aromatic ring is 1. The number of amides is 1. The zero-order chi connectivity index (χ0) is 19.8. The lowest BCUT2D eigenvalue weighted by Crippen LogP contribution is -2.26. The van der Waals surface area contributed by atoms with E-state index in [0.29, 0.717) is 49.5 Å². The van der Waals surface area contributed by atoms with E-state index in [1.165, 1.54) is 7.11 Å². The smallest absolute Gasteiger partial charge is 0.305 e. The van der Waals surface area contributed by atoms with Crippen LogP contribution in [0.15, 0.2) is 24.5 Å². The van der Waals surface area contributed by atoms with E-state index >= 15 is 0 Å². The molecule has 0 aliphatic carbocycles. The molecule has 9 heteroatoms. The van der Waals surface area contributed by atoms with E-state index in [4.69, 9.17) is 10.6 Å². The Kier molecular flexibility index (Phi) is 7.30. The Bertz CT molecular complexity index is 781. The molecule has 2 aromatic rings. The zero-order valence-electron chi connectivity index (χ0n) is 15.9.